The molecular formula is C25H32O6. The lowest BCUT2D eigenvalue weighted by atomic mass is 9.76. The third-order valence-corrected chi connectivity index (χ3v) is 5.43. The molecule has 0 bridgehead atoms. The number of carbonyl (C=O) groups excluding carboxylic acids is 2. The Morgan fingerprint density at radius 3 is 1.35 bits per heavy atom. The Morgan fingerprint density at radius 2 is 1.06 bits per heavy atom. The van der Waals surface area contributed by atoms with Crippen molar-refractivity contribution in [2.45, 2.75) is 58.8 Å². The monoisotopic (exact) mass is 428 g/mol. The van der Waals surface area contributed by atoms with E-state index in [1.165, 1.54) is 14.2 Å². The molecule has 0 amide bonds. The molecular weight excluding hydrogens is 396 g/mol. The summed E-state index contributed by atoms with van der Waals surface area (Å²) in [5.41, 5.74) is 3.65. The van der Waals surface area contributed by atoms with Gasteiger partial charge in [-0.1, -0.05) is 65.8 Å². The van der Waals surface area contributed by atoms with Gasteiger partial charge in [0.05, 0.1) is 14.2 Å². The summed E-state index contributed by atoms with van der Waals surface area (Å²) in [6, 6.07) is 11.7. The van der Waals surface area contributed by atoms with Crippen LogP contribution in [0.15, 0.2) is 36.4 Å². The zero-order valence-electron chi connectivity index (χ0n) is 19.6. The first kappa shape index (κ1) is 24.3. The summed E-state index contributed by atoms with van der Waals surface area (Å²) >= 11 is 0. The van der Waals surface area contributed by atoms with Gasteiger partial charge in [0, 0.05) is 5.41 Å². The first-order valence-electron chi connectivity index (χ1n) is 10.3. The number of ether oxygens (including phenoxy) is 4. The highest BCUT2D eigenvalue weighted by Gasteiger charge is 2.27. The minimum absolute atomic E-state index is 0.150. The van der Waals surface area contributed by atoms with Crippen molar-refractivity contribution in [1.29, 1.82) is 0 Å². The predicted octanol–water partition coefficient (Wildman–Crippen LogP) is 6.55. The van der Waals surface area contributed by atoms with Crippen LogP contribution in [-0.2, 0) is 14.9 Å². The van der Waals surface area contributed by atoms with E-state index >= 15 is 0 Å². The summed E-state index contributed by atoms with van der Waals surface area (Å²) in [5, 5.41) is 0. The highest BCUT2D eigenvalue weighted by atomic mass is 16.7. The Bertz CT molecular complexity index is 868. The van der Waals surface area contributed by atoms with Crippen LogP contribution in [-0.4, -0.2) is 26.5 Å². The van der Waals surface area contributed by atoms with Crippen LogP contribution in [0.1, 0.15) is 75.6 Å². The van der Waals surface area contributed by atoms with Gasteiger partial charge >= 0.3 is 12.3 Å². The van der Waals surface area contributed by atoms with Crippen LogP contribution in [0.2, 0.25) is 0 Å². The molecule has 2 rings (SSSR count). The fourth-order valence-electron chi connectivity index (χ4n) is 3.39. The van der Waals surface area contributed by atoms with Crippen molar-refractivity contribution < 1.29 is 28.5 Å². The van der Waals surface area contributed by atoms with Crippen molar-refractivity contribution in [1.82, 2.24) is 0 Å². The van der Waals surface area contributed by atoms with E-state index in [4.69, 9.17) is 9.47 Å². The number of carbonyl (C=O) groups is 2. The third-order valence-electron chi connectivity index (χ3n) is 5.43. The average molecular weight is 429 g/mol. The molecule has 0 aliphatic carbocycles. The van der Waals surface area contributed by atoms with Crippen LogP contribution >= 0.6 is 0 Å². The molecule has 0 atom stereocenters. The second-order valence-corrected chi connectivity index (χ2v) is 8.55. The summed E-state index contributed by atoms with van der Waals surface area (Å²) < 4.78 is 19.9. The predicted molar refractivity (Wildman–Crippen MR) is 119 cm³/mol. The fraction of sp³-hybridized carbons (Fsp3) is 0.440. The first-order valence-corrected chi connectivity index (χ1v) is 10.3. The molecule has 0 fully saturated rings. The summed E-state index contributed by atoms with van der Waals surface area (Å²) in [5.74, 6) is 1.28. The molecule has 6 nitrogen and oxygen atoms in total. The number of hydrogen-bond acceptors (Lipinski definition) is 6. The fourth-order valence-corrected chi connectivity index (χ4v) is 3.39. The third kappa shape index (κ3) is 5.57. The number of rotatable bonds is 6. The van der Waals surface area contributed by atoms with Crippen molar-refractivity contribution in [3.05, 3.63) is 58.7 Å². The molecule has 0 N–H and O–H groups in total. The number of benzene rings is 2. The topological polar surface area (TPSA) is 71.1 Å². The van der Waals surface area contributed by atoms with E-state index in [1.54, 1.807) is 12.1 Å². The molecule has 31 heavy (non-hydrogen) atoms. The zero-order chi connectivity index (χ0) is 23.3. The van der Waals surface area contributed by atoms with Gasteiger partial charge in [-0.3, -0.25) is 0 Å². The first-order chi connectivity index (χ1) is 14.5. The van der Waals surface area contributed by atoms with Crippen LogP contribution in [0.3, 0.4) is 0 Å². The summed E-state index contributed by atoms with van der Waals surface area (Å²) in [7, 11) is 2.57. The van der Waals surface area contributed by atoms with E-state index < -0.39 is 12.3 Å². The number of hydrogen-bond donors (Lipinski definition) is 0. The van der Waals surface area contributed by atoms with Gasteiger partial charge in [-0.25, -0.2) is 9.59 Å². The van der Waals surface area contributed by atoms with E-state index in [0.29, 0.717) is 11.5 Å². The molecule has 6 heteroatoms. The van der Waals surface area contributed by atoms with E-state index in [9.17, 15) is 9.59 Å². The Kier molecular flexibility index (Phi) is 7.71. The average Bonchev–Trinajstić information content (AvgIpc) is 2.73. The van der Waals surface area contributed by atoms with Crippen LogP contribution in [0.4, 0.5) is 9.59 Å². The van der Waals surface area contributed by atoms with E-state index in [2.05, 4.69) is 35.5 Å². The minimum Gasteiger partial charge on any atom is -0.437 e. The quantitative estimate of drug-likeness (QED) is 0.384. The highest BCUT2D eigenvalue weighted by molar-refractivity contribution is 5.65. The molecule has 0 unspecified atom stereocenters. The van der Waals surface area contributed by atoms with Crippen molar-refractivity contribution in [2.24, 2.45) is 0 Å². The van der Waals surface area contributed by atoms with E-state index in [-0.39, 0.29) is 17.3 Å². The summed E-state index contributed by atoms with van der Waals surface area (Å²) in [6.07, 6.45) is -1.48. The van der Waals surface area contributed by atoms with Crippen molar-refractivity contribution >= 4 is 12.3 Å². The molecule has 2 aromatic rings. The zero-order valence-corrected chi connectivity index (χ0v) is 19.6. The van der Waals surface area contributed by atoms with Gasteiger partial charge in [0.1, 0.15) is 11.5 Å². The van der Waals surface area contributed by atoms with E-state index in [0.717, 1.165) is 22.3 Å². The Hall–Kier alpha value is -3.02. The highest BCUT2D eigenvalue weighted by Crippen LogP contribution is 2.39. The van der Waals surface area contributed by atoms with Gasteiger partial charge in [0.2, 0.25) is 0 Å². The molecule has 2 aromatic carbocycles. The van der Waals surface area contributed by atoms with Gasteiger partial charge in [-0.05, 0) is 46.2 Å². The van der Waals surface area contributed by atoms with Gasteiger partial charge in [-0.15, -0.1) is 0 Å². The lowest BCUT2D eigenvalue weighted by Crippen LogP contribution is -2.20. The van der Waals surface area contributed by atoms with E-state index in [1.807, 2.05) is 39.8 Å². The maximum absolute atomic E-state index is 11.6. The molecule has 0 radical (unpaired) electrons. The lowest BCUT2D eigenvalue weighted by molar-refractivity contribution is 0.120. The van der Waals surface area contributed by atoms with Gasteiger partial charge in [0.25, 0.3) is 0 Å². The van der Waals surface area contributed by atoms with Gasteiger partial charge in [-0.2, -0.15) is 0 Å². The standard InChI is InChI=1S/C25H32O6/c1-15(2)19-13-17(9-11-21(19)30-23(26)28-7)25(5,6)18-10-12-22(31-24(27)29-8)20(14-18)16(3)4/h9-16H,1-8H3. The molecule has 0 aromatic heterocycles. The molecule has 0 heterocycles. The van der Waals surface area contributed by atoms with Gasteiger partial charge < -0.3 is 18.9 Å². The van der Waals surface area contributed by atoms with Gasteiger partial charge in [0.15, 0.2) is 0 Å². The van der Waals surface area contributed by atoms with Crippen LogP contribution in [0.5, 0.6) is 11.5 Å². The minimum atomic E-state index is -0.739. The largest absolute Gasteiger partial charge is 0.513 e. The second kappa shape index (κ2) is 9.86. The Morgan fingerprint density at radius 1 is 0.710 bits per heavy atom. The van der Waals surface area contributed by atoms with Crippen LogP contribution < -0.4 is 9.47 Å². The Balaban J connectivity index is 2.50. The molecule has 0 saturated carbocycles. The molecule has 0 saturated heterocycles. The molecule has 168 valence electrons. The number of methoxy groups -OCH3 is 2. The maximum atomic E-state index is 11.6. The second-order valence-electron chi connectivity index (χ2n) is 8.55. The van der Waals surface area contributed by atoms with Crippen molar-refractivity contribution in [3.8, 4) is 11.5 Å². The summed E-state index contributed by atoms with van der Waals surface area (Å²) in [6.45, 7) is 12.5. The SMILES string of the molecule is COC(=O)Oc1ccc(C(C)(C)c2ccc(OC(=O)OC)c(C(C)C)c2)cc1C(C)C. The van der Waals surface area contributed by atoms with Crippen molar-refractivity contribution in [2.75, 3.05) is 14.2 Å². The maximum Gasteiger partial charge on any atom is 0.513 e. The molecule has 0 spiro atoms. The molecule has 0 aliphatic heterocycles. The smallest absolute Gasteiger partial charge is 0.437 e. The lowest BCUT2D eigenvalue weighted by Gasteiger charge is -2.29. The molecule has 0 aliphatic rings. The normalized spacial score (nSPS) is 11.4. The van der Waals surface area contributed by atoms with Crippen LogP contribution in [0.25, 0.3) is 0 Å². The van der Waals surface area contributed by atoms with Crippen molar-refractivity contribution in [3.63, 3.8) is 0 Å². The summed E-state index contributed by atoms with van der Waals surface area (Å²) in [4.78, 5) is 23.2. The van der Waals surface area contributed by atoms with Crippen LogP contribution in [0, 0.1) is 0 Å². The Labute approximate surface area is 184 Å².